The summed E-state index contributed by atoms with van der Waals surface area (Å²) < 4.78 is 0. The third kappa shape index (κ3) is 1.43. The van der Waals surface area contributed by atoms with Crippen molar-refractivity contribution in [1.82, 2.24) is 0 Å². The van der Waals surface area contributed by atoms with Gasteiger partial charge in [0.05, 0.1) is 0 Å². The molecule has 2 unspecified atom stereocenters. The highest BCUT2D eigenvalue weighted by Gasteiger charge is 2.31. The highest BCUT2D eigenvalue weighted by atomic mass is 14.6. The van der Waals surface area contributed by atoms with E-state index in [1.807, 2.05) is 0 Å². The van der Waals surface area contributed by atoms with E-state index in [9.17, 15) is 0 Å². The lowest BCUT2D eigenvalue weighted by Gasteiger charge is -2.36. The number of benzene rings is 2. The first-order valence-electron chi connectivity index (χ1n) is 6.08. The van der Waals surface area contributed by atoms with Gasteiger partial charge in [-0.1, -0.05) is 42.5 Å². The van der Waals surface area contributed by atoms with Crippen LogP contribution < -0.4 is 5.73 Å². The lowest BCUT2D eigenvalue weighted by molar-refractivity contribution is 0.265. The molecule has 2 aromatic carbocycles. The number of nitrogens with two attached hydrogens (primary N) is 1. The molecule has 1 aliphatic carbocycles. The number of hydrogen-bond donors (Lipinski definition) is 1. The second-order valence-electron chi connectivity index (χ2n) is 4.75. The SMILES string of the molecule is NCC1CCC1c1cccc2ccccc12. The standard InChI is InChI=1S/C15H17N/c16-10-12-8-9-14(12)15-7-3-5-11-4-1-2-6-13(11)15/h1-7,12,14H,8-10,16H2. The van der Waals surface area contributed by atoms with Gasteiger partial charge in [-0.15, -0.1) is 0 Å². The first-order valence-corrected chi connectivity index (χ1v) is 6.08. The van der Waals surface area contributed by atoms with Crippen molar-refractivity contribution in [2.45, 2.75) is 18.8 Å². The second kappa shape index (κ2) is 3.91. The van der Waals surface area contributed by atoms with Crippen molar-refractivity contribution in [2.75, 3.05) is 6.54 Å². The van der Waals surface area contributed by atoms with Crippen molar-refractivity contribution >= 4 is 10.8 Å². The summed E-state index contributed by atoms with van der Waals surface area (Å²) in [5, 5.41) is 2.76. The average Bonchev–Trinajstić information content (AvgIpc) is 2.29. The van der Waals surface area contributed by atoms with Gasteiger partial charge < -0.3 is 5.73 Å². The first-order chi connectivity index (χ1) is 7.90. The highest BCUT2D eigenvalue weighted by molar-refractivity contribution is 5.86. The fourth-order valence-electron chi connectivity index (χ4n) is 2.83. The van der Waals surface area contributed by atoms with Crippen LogP contribution in [0.25, 0.3) is 10.8 Å². The van der Waals surface area contributed by atoms with Crippen LogP contribution in [0, 0.1) is 5.92 Å². The molecule has 0 aromatic heterocycles. The third-order valence-electron chi connectivity index (χ3n) is 3.94. The van der Waals surface area contributed by atoms with E-state index in [0.717, 1.165) is 6.54 Å². The largest absolute Gasteiger partial charge is 0.330 e. The Morgan fingerprint density at radius 2 is 1.81 bits per heavy atom. The molecule has 2 atom stereocenters. The van der Waals surface area contributed by atoms with Gasteiger partial charge in [-0.3, -0.25) is 0 Å². The maximum Gasteiger partial charge on any atom is -0.00430 e. The molecule has 0 amide bonds. The molecule has 0 saturated heterocycles. The van der Waals surface area contributed by atoms with Crippen molar-refractivity contribution in [1.29, 1.82) is 0 Å². The van der Waals surface area contributed by atoms with E-state index in [-0.39, 0.29) is 0 Å². The highest BCUT2D eigenvalue weighted by Crippen LogP contribution is 2.44. The third-order valence-corrected chi connectivity index (χ3v) is 3.94. The molecule has 0 aliphatic heterocycles. The zero-order valence-corrected chi connectivity index (χ0v) is 9.39. The van der Waals surface area contributed by atoms with E-state index in [0.29, 0.717) is 11.8 Å². The van der Waals surface area contributed by atoms with Crippen LogP contribution in [0.15, 0.2) is 42.5 Å². The molecule has 0 bridgehead atoms. The molecule has 1 heteroatoms. The number of hydrogen-bond acceptors (Lipinski definition) is 1. The molecule has 82 valence electrons. The summed E-state index contributed by atoms with van der Waals surface area (Å²) in [5.74, 6) is 1.39. The summed E-state index contributed by atoms with van der Waals surface area (Å²) in [5.41, 5.74) is 7.31. The Morgan fingerprint density at radius 3 is 2.56 bits per heavy atom. The van der Waals surface area contributed by atoms with Crippen LogP contribution in [0.4, 0.5) is 0 Å². The van der Waals surface area contributed by atoms with Crippen molar-refractivity contribution in [3.8, 4) is 0 Å². The molecule has 2 aromatic rings. The summed E-state index contributed by atoms with van der Waals surface area (Å²) in [6.45, 7) is 0.827. The van der Waals surface area contributed by atoms with E-state index in [4.69, 9.17) is 5.73 Å². The van der Waals surface area contributed by atoms with Gasteiger partial charge in [0.25, 0.3) is 0 Å². The molecule has 1 aliphatic rings. The second-order valence-corrected chi connectivity index (χ2v) is 4.75. The van der Waals surface area contributed by atoms with Crippen LogP contribution in [0.2, 0.25) is 0 Å². The molecule has 0 radical (unpaired) electrons. The van der Waals surface area contributed by atoms with Gasteiger partial charge in [-0.2, -0.15) is 0 Å². The van der Waals surface area contributed by atoms with Gasteiger partial charge in [0.15, 0.2) is 0 Å². The Balaban J connectivity index is 2.09. The lowest BCUT2D eigenvalue weighted by Crippen LogP contribution is -2.30. The van der Waals surface area contributed by atoms with Crippen LogP contribution in [0.5, 0.6) is 0 Å². The molecular weight excluding hydrogens is 194 g/mol. The van der Waals surface area contributed by atoms with Gasteiger partial charge >= 0.3 is 0 Å². The molecule has 2 N–H and O–H groups in total. The minimum Gasteiger partial charge on any atom is -0.330 e. The van der Waals surface area contributed by atoms with E-state index in [2.05, 4.69) is 42.5 Å². The van der Waals surface area contributed by atoms with E-state index >= 15 is 0 Å². The average molecular weight is 211 g/mol. The maximum atomic E-state index is 5.81. The van der Waals surface area contributed by atoms with Gasteiger partial charge in [0.1, 0.15) is 0 Å². The fourth-order valence-corrected chi connectivity index (χ4v) is 2.83. The number of fused-ring (bicyclic) bond motifs is 1. The summed E-state index contributed by atoms with van der Waals surface area (Å²) in [6, 6.07) is 15.3. The zero-order valence-electron chi connectivity index (χ0n) is 9.39. The molecule has 0 spiro atoms. The Bertz CT molecular complexity index is 496. The van der Waals surface area contributed by atoms with Crippen LogP contribution in [-0.4, -0.2) is 6.54 Å². The van der Waals surface area contributed by atoms with E-state index in [1.165, 1.54) is 29.2 Å². The summed E-state index contributed by atoms with van der Waals surface area (Å²) in [6.07, 6.45) is 2.60. The molecule has 1 fully saturated rings. The molecule has 16 heavy (non-hydrogen) atoms. The summed E-state index contributed by atoms with van der Waals surface area (Å²) in [7, 11) is 0. The zero-order chi connectivity index (χ0) is 11.0. The molecule has 1 saturated carbocycles. The lowest BCUT2D eigenvalue weighted by atomic mass is 9.69. The van der Waals surface area contributed by atoms with Gasteiger partial charge in [-0.05, 0) is 47.6 Å². The monoisotopic (exact) mass is 211 g/mol. The quantitative estimate of drug-likeness (QED) is 0.810. The summed E-state index contributed by atoms with van der Waals surface area (Å²) in [4.78, 5) is 0. The predicted octanol–water partition coefficient (Wildman–Crippen LogP) is 3.29. The predicted molar refractivity (Wildman–Crippen MR) is 68.5 cm³/mol. The van der Waals surface area contributed by atoms with Crippen molar-refractivity contribution in [2.24, 2.45) is 11.7 Å². The van der Waals surface area contributed by atoms with Gasteiger partial charge in [-0.25, -0.2) is 0 Å². The fraction of sp³-hybridized carbons (Fsp3) is 0.333. The van der Waals surface area contributed by atoms with Crippen LogP contribution in [0.1, 0.15) is 24.3 Å². The van der Waals surface area contributed by atoms with Crippen molar-refractivity contribution < 1.29 is 0 Å². The van der Waals surface area contributed by atoms with E-state index < -0.39 is 0 Å². The summed E-state index contributed by atoms with van der Waals surface area (Å²) >= 11 is 0. The Kier molecular flexibility index (Phi) is 2.41. The minimum absolute atomic E-state index is 0.691. The molecular formula is C15H17N. The van der Waals surface area contributed by atoms with Gasteiger partial charge in [0.2, 0.25) is 0 Å². The Morgan fingerprint density at radius 1 is 1.00 bits per heavy atom. The smallest absolute Gasteiger partial charge is 0.00430 e. The maximum absolute atomic E-state index is 5.81. The number of rotatable bonds is 2. The Hall–Kier alpha value is -1.34. The van der Waals surface area contributed by atoms with Crippen molar-refractivity contribution in [3.63, 3.8) is 0 Å². The van der Waals surface area contributed by atoms with E-state index in [1.54, 1.807) is 0 Å². The van der Waals surface area contributed by atoms with Crippen LogP contribution >= 0.6 is 0 Å². The topological polar surface area (TPSA) is 26.0 Å². The Labute approximate surface area is 96.3 Å². The first kappa shape index (κ1) is 9.86. The van der Waals surface area contributed by atoms with Gasteiger partial charge in [0, 0.05) is 0 Å². The minimum atomic E-state index is 0.691. The normalized spacial score (nSPS) is 24.3. The van der Waals surface area contributed by atoms with Crippen molar-refractivity contribution in [3.05, 3.63) is 48.0 Å². The van der Waals surface area contributed by atoms with Crippen LogP contribution in [0.3, 0.4) is 0 Å². The molecule has 3 rings (SSSR count). The van der Waals surface area contributed by atoms with Crippen LogP contribution in [-0.2, 0) is 0 Å². The molecule has 0 heterocycles. The molecule has 1 nitrogen and oxygen atoms in total.